The molecule has 3 rings (SSSR count). The van der Waals surface area contributed by atoms with E-state index in [-0.39, 0.29) is 23.2 Å². The van der Waals surface area contributed by atoms with Gasteiger partial charge in [-0.25, -0.2) is 0 Å². The van der Waals surface area contributed by atoms with Crippen molar-refractivity contribution in [3.8, 4) is 0 Å². The molecule has 1 fully saturated rings. The minimum Gasteiger partial charge on any atom is -0.354 e. The molecule has 1 aromatic heterocycles. The van der Waals surface area contributed by atoms with E-state index in [1.54, 1.807) is 0 Å². The van der Waals surface area contributed by atoms with Gasteiger partial charge >= 0.3 is 0 Å². The van der Waals surface area contributed by atoms with Crippen molar-refractivity contribution in [3.63, 3.8) is 0 Å². The Morgan fingerprint density at radius 2 is 2.31 bits per heavy atom. The van der Waals surface area contributed by atoms with Gasteiger partial charge < -0.3 is 5.32 Å². The number of rotatable bonds is 1. The van der Waals surface area contributed by atoms with Crippen molar-refractivity contribution in [2.45, 2.75) is 18.3 Å². The number of aryl methyl sites for hydroxylation is 1. The summed E-state index contributed by atoms with van der Waals surface area (Å²) in [6.07, 6.45) is 0.468. The molecule has 0 aromatic carbocycles. The summed E-state index contributed by atoms with van der Waals surface area (Å²) < 4.78 is 28.8. The Bertz CT molecular complexity index is 494. The monoisotopic (exact) mass is 227 g/mol. The number of hydrogen-bond donors (Lipinski definition) is 1. The van der Waals surface area contributed by atoms with E-state index in [1.165, 1.54) is 14.1 Å². The van der Waals surface area contributed by atoms with Gasteiger partial charge in [0.15, 0.2) is 5.69 Å². The number of fused-ring (bicyclic) bond motifs is 3. The van der Waals surface area contributed by atoms with E-state index < -0.39 is 11.8 Å². The lowest BCUT2D eigenvalue weighted by atomic mass is 10.1. The van der Waals surface area contributed by atoms with Crippen LogP contribution in [0.25, 0.3) is 0 Å². The zero-order valence-corrected chi connectivity index (χ0v) is 8.92. The van der Waals surface area contributed by atoms with Crippen LogP contribution >= 0.6 is 0 Å². The summed E-state index contributed by atoms with van der Waals surface area (Å²) in [5, 5.41) is 6.33. The minimum absolute atomic E-state index is 0.0765. The smallest absolute Gasteiger partial charge is 0.293 e. The molecule has 86 valence electrons. The van der Waals surface area contributed by atoms with Gasteiger partial charge in [0.2, 0.25) is 0 Å². The Hall–Kier alpha value is -1.46. The van der Waals surface area contributed by atoms with Crippen LogP contribution in [-0.4, -0.2) is 22.7 Å². The molecule has 1 heterocycles. The third-order valence-electron chi connectivity index (χ3n) is 3.47. The van der Waals surface area contributed by atoms with Crippen LogP contribution < -0.4 is 5.32 Å². The van der Waals surface area contributed by atoms with Crippen molar-refractivity contribution in [3.05, 3.63) is 17.0 Å². The first-order valence-corrected chi connectivity index (χ1v) is 5.15. The lowest BCUT2D eigenvalue weighted by Crippen LogP contribution is -2.20. The van der Waals surface area contributed by atoms with Crippen LogP contribution in [0.1, 0.15) is 34.1 Å². The normalized spacial score (nSPS) is 28.5. The van der Waals surface area contributed by atoms with Gasteiger partial charge in [0, 0.05) is 25.6 Å². The van der Waals surface area contributed by atoms with Crippen LogP contribution in [0.2, 0.25) is 0 Å². The van der Waals surface area contributed by atoms with Crippen molar-refractivity contribution in [2.75, 3.05) is 7.05 Å². The van der Waals surface area contributed by atoms with Gasteiger partial charge in [0.25, 0.3) is 11.8 Å². The van der Waals surface area contributed by atoms with Crippen molar-refractivity contribution < 1.29 is 13.6 Å². The molecule has 1 aromatic rings. The lowest BCUT2D eigenvalue weighted by molar-refractivity contribution is -0.0301. The molecule has 0 aliphatic heterocycles. The van der Waals surface area contributed by atoms with Crippen molar-refractivity contribution in [1.82, 2.24) is 15.1 Å². The van der Waals surface area contributed by atoms with Gasteiger partial charge in [0.05, 0.1) is 0 Å². The predicted octanol–water partition coefficient (Wildman–Crippen LogP) is 0.989. The second-order valence-corrected chi connectivity index (χ2v) is 4.39. The van der Waals surface area contributed by atoms with Crippen LogP contribution in [0.4, 0.5) is 8.78 Å². The van der Waals surface area contributed by atoms with Gasteiger partial charge in [-0.15, -0.1) is 0 Å². The highest BCUT2D eigenvalue weighted by Crippen LogP contribution is 2.67. The highest BCUT2D eigenvalue weighted by atomic mass is 19.3. The second kappa shape index (κ2) is 2.61. The SMILES string of the molecule is CNC(=O)c1nn(C)c2c1[C@H]1C[C@H]1C2(F)F. The Balaban J connectivity index is 2.21. The Kier molecular flexibility index (Phi) is 1.59. The van der Waals surface area contributed by atoms with Gasteiger partial charge in [-0.3, -0.25) is 9.48 Å². The maximum absolute atomic E-state index is 13.8. The molecule has 6 heteroatoms. The molecule has 2 aliphatic carbocycles. The molecule has 4 nitrogen and oxygen atoms in total. The van der Waals surface area contributed by atoms with Crippen molar-refractivity contribution in [2.24, 2.45) is 13.0 Å². The topological polar surface area (TPSA) is 46.9 Å². The molecule has 2 atom stereocenters. The summed E-state index contributed by atoms with van der Waals surface area (Å²) in [6, 6.07) is 0. The fraction of sp³-hybridized carbons (Fsp3) is 0.600. The van der Waals surface area contributed by atoms with E-state index in [0.29, 0.717) is 12.0 Å². The number of halogens is 2. The maximum Gasteiger partial charge on any atom is 0.293 e. The number of nitrogens with one attached hydrogen (secondary N) is 1. The fourth-order valence-electron chi connectivity index (χ4n) is 2.66. The number of amides is 1. The summed E-state index contributed by atoms with van der Waals surface area (Å²) in [5.74, 6) is -4.00. The van der Waals surface area contributed by atoms with Crippen LogP contribution in [0.15, 0.2) is 0 Å². The summed E-state index contributed by atoms with van der Waals surface area (Å²) in [4.78, 5) is 11.5. The Morgan fingerprint density at radius 3 is 2.94 bits per heavy atom. The third-order valence-corrected chi connectivity index (χ3v) is 3.47. The van der Waals surface area contributed by atoms with Crippen LogP contribution in [0.3, 0.4) is 0 Å². The minimum atomic E-state index is -2.83. The number of aromatic nitrogens is 2. The van der Waals surface area contributed by atoms with Crippen molar-refractivity contribution >= 4 is 5.91 Å². The lowest BCUT2D eigenvalue weighted by Gasteiger charge is -2.12. The molecule has 1 amide bonds. The average Bonchev–Trinajstić information content (AvgIpc) is 2.90. The van der Waals surface area contributed by atoms with Gasteiger partial charge in [-0.2, -0.15) is 13.9 Å². The molecular formula is C10H11F2N3O. The van der Waals surface area contributed by atoms with Crippen LogP contribution in [0, 0.1) is 5.92 Å². The molecule has 0 bridgehead atoms. The Labute approximate surface area is 90.6 Å². The van der Waals surface area contributed by atoms with Crippen LogP contribution in [0.5, 0.6) is 0 Å². The maximum atomic E-state index is 13.8. The van der Waals surface area contributed by atoms with Crippen LogP contribution in [-0.2, 0) is 13.0 Å². The summed E-state index contributed by atoms with van der Waals surface area (Å²) in [6.45, 7) is 0. The quantitative estimate of drug-likeness (QED) is 0.777. The third kappa shape index (κ3) is 0.923. The summed E-state index contributed by atoms with van der Waals surface area (Å²) in [5.41, 5.74) is 0.536. The molecule has 0 spiro atoms. The molecule has 1 N–H and O–H groups in total. The first-order valence-electron chi connectivity index (χ1n) is 5.15. The number of hydrogen-bond acceptors (Lipinski definition) is 2. The average molecular weight is 227 g/mol. The molecular weight excluding hydrogens is 216 g/mol. The highest BCUT2D eigenvalue weighted by molar-refractivity contribution is 5.94. The number of alkyl halides is 2. The number of carbonyl (C=O) groups is 1. The summed E-state index contributed by atoms with van der Waals surface area (Å²) in [7, 11) is 2.94. The van der Waals surface area contributed by atoms with E-state index in [0.717, 1.165) is 4.68 Å². The second-order valence-electron chi connectivity index (χ2n) is 4.39. The molecule has 2 aliphatic rings. The predicted molar refractivity (Wildman–Crippen MR) is 51.3 cm³/mol. The molecule has 16 heavy (non-hydrogen) atoms. The van der Waals surface area contributed by atoms with Gasteiger partial charge in [-0.1, -0.05) is 0 Å². The van der Waals surface area contributed by atoms with Crippen molar-refractivity contribution in [1.29, 1.82) is 0 Å². The van der Waals surface area contributed by atoms with E-state index >= 15 is 0 Å². The first-order chi connectivity index (χ1) is 7.48. The molecule has 0 saturated heterocycles. The van der Waals surface area contributed by atoms with Gasteiger partial charge in [0.1, 0.15) is 5.69 Å². The van der Waals surface area contributed by atoms with E-state index in [9.17, 15) is 13.6 Å². The largest absolute Gasteiger partial charge is 0.354 e. The van der Waals surface area contributed by atoms with E-state index in [4.69, 9.17) is 0 Å². The molecule has 0 radical (unpaired) electrons. The fourth-order valence-corrected chi connectivity index (χ4v) is 2.66. The van der Waals surface area contributed by atoms with Gasteiger partial charge in [-0.05, 0) is 12.3 Å². The highest BCUT2D eigenvalue weighted by Gasteiger charge is 2.66. The number of carbonyl (C=O) groups excluding carboxylic acids is 1. The Morgan fingerprint density at radius 1 is 1.62 bits per heavy atom. The zero-order chi connectivity index (χ0) is 11.7. The van der Waals surface area contributed by atoms with E-state index in [1.807, 2.05) is 0 Å². The first kappa shape index (κ1) is 9.74. The molecule has 0 unspecified atom stereocenters. The van der Waals surface area contributed by atoms with E-state index in [2.05, 4.69) is 10.4 Å². The molecule has 1 saturated carbocycles. The zero-order valence-electron chi connectivity index (χ0n) is 8.92. The standard InChI is InChI=1S/C10H11F2N3O/c1-13-9(16)7-6-4-3-5(4)10(11,12)8(6)15(2)14-7/h4-5H,3H2,1-2H3,(H,13,16)/t4-,5+/m0/s1. The summed E-state index contributed by atoms with van der Waals surface area (Å²) >= 11 is 0. The number of nitrogens with zero attached hydrogens (tertiary/aromatic N) is 2.